The maximum atomic E-state index is 12.7. The van der Waals surface area contributed by atoms with Crippen LogP contribution >= 0.6 is 35.3 Å². The van der Waals surface area contributed by atoms with Crippen LogP contribution in [0.25, 0.3) is 6.08 Å². The molecule has 0 N–H and O–H groups in total. The lowest BCUT2D eigenvalue weighted by atomic mass is 10.2. The zero-order chi connectivity index (χ0) is 18.9. The van der Waals surface area contributed by atoms with Gasteiger partial charge in [-0.1, -0.05) is 30.0 Å². The van der Waals surface area contributed by atoms with Gasteiger partial charge in [0.15, 0.2) is 9.84 Å². The third-order valence-corrected chi connectivity index (χ3v) is 8.24. The Kier molecular flexibility index (Phi) is 5.85. The van der Waals surface area contributed by atoms with Crippen LogP contribution in [0.5, 0.6) is 0 Å². The molecule has 140 valence electrons. The molecule has 2 saturated heterocycles. The number of likely N-dealkylation sites (N-methyl/N-ethyl adjacent to an activating group) is 1. The zero-order valence-corrected chi connectivity index (χ0v) is 17.3. The first-order valence-corrected chi connectivity index (χ1v) is 12.0. The summed E-state index contributed by atoms with van der Waals surface area (Å²) in [7, 11) is -3.08. The van der Waals surface area contributed by atoms with Gasteiger partial charge in [0.25, 0.3) is 5.91 Å². The Labute approximate surface area is 166 Å². The molecule has 0 aliphatic carbocycles. The molecule has 3 rings (SSSR count). The van der Waals surface area contributed by atoms with Crippen LogP contribution < -0.4 is 0 Å². The predicted octanol–water partition coefficient (Wildman–Crippen LogP) is 1.98. The van der Waals surface area contributed by atoms with Gasteiger partial charge in [0.2, 0.25) is 5.91 Å². The van der Waals surface area contributed by atoms with Gasteiger partial charge in [-0.3, -0.25) is 14.5 Å². The Morgan fingerprint density at radius 2 is 2.27 bits per heavy atom. The minimum absolute atomic E-state index is 0.0107. The number of hydrogen-bond donors (Lipinski definition) is 0. The van der Waals surface area contributed by atoms with Crippen molar-refractivity contribution in [2.45, 2.75) is 19.4 Å². The van der Waals surface area contributed by atoms with Crippen molar-refractivity contribution in [1.29, 1.82) is 0 Å². The van der Waals surface area contributed by atoms with Crippen LogP contribution in [-0.4, -0.2) is 65.0 Å². The van der Waals surface area contributed by atoms with Crippen molar-refractivity contribution in [1.82, 2.24) is 9.80 Å². The Morgan fingerprint density at radius 3 is 2.85 bits per heavy atom. The quantitative estimate of drug-likeness (QED) is 0.525. The molecule has 0 bridgehead atoms. The highest BCUT2D eigenvalue weighted by atomic mass is 32.2. The average Bonchev–Trinajstić information content (AvgIpc) is 3.26. The number of amides is 2. The first kappa shape index (κ1) is 19.5. The molecule has 6 nitrogen and oxygen atoms in total. The van der Waals surface area contributed by atoms with Crippen LogP contribution in [0.3, 0.4) is 0 Å². The Bertz CT molecular complexity index is 861. The minimum Gasteiger partial charge on any atom is -0.337 e. The monoisotopic (exact) mass is 430 g/mol. The van der Waals surface area contributed by atoms with Gasteiger partial charge in [0.1, 0.15) is 10.9 Å². The summed E-state index contributed by atoms with van der Waals surface area (Å²) in [5, 5.41) is 1.92. The highest BCUT2D eigenvalue weighted by Crippen LogP contribution is 2.33. The molecular formula is C16H18N2O4S4. The van der Waals surface area contributed by atoms with Crippen LogP contribution in [0.4, 0.5) is 0 Å². The number of sulfone groups is 1. The lowest BCUT2D eigenvalue weighted by molar-refractivity contribution is -0.136. The number of thiophene rings is 1. The molecule has 1 aromatic rings. The van der Waals surface area contributed by atoms with Gasteiger partial charge in [0, 0.05) is 17.5 Å². The zero-order valence-electron chi connectivity index (χ0n) is 14.1. The molecule has 2 amide bonds. The van der Waals surface area contributed by atoms with Gasteiger partial charge in [0.05, 0.1) is 16.4 Å². The molecule has 2 aliphatic heterocycles. The molecule has 2 fully saturated rings. The number of nitrogens with zero attached hydrogens (tertiary/aromatic N) is 2. The van der Waals surface area contributed by atoms with E-state index in [1.54, 1.807) is 11.0 Å². The third kappa shape index (κ3) is 4.19. The SMILES string of the molecule is CCN(C(=O)CN1C(=O)/C(=C\c2cccs2)SC1=S)C1CCS(=O)(=O)C1. The second-order valence-corrected chi connectivity index (χ2v) is 10.9. The van der Waals surface area contributed by atoms with Crippen molar-refractivity contribution in [3.05, 3.63) is 27.3 Å². The van der Waals surface area contributed by atoms with Gasteiger partial charge in [-0.15, -0.1) is 11.3 Å². The highest BCUT2D eigenvalue weighted by molar-refractivity contribution is 8.26. The Balaban J connectivity index is 1.70. The van der Waals surface area contributed by atoms with Crippen LogP contribution in [0.2, 0.25) is 0 Å². The standard InChI is InChI=1S/C16H18N2O4S4/c1-2-17(11-5-7-26(21,22)10-11)14(19)9-18-15(20)13(25-16(18)23)8-12-4-3-6-24-12/h3-4,6,8,11H,2,5,7,9-10H2,1H3/b13-8+. The molecule has 26 heavy (non-hydrogen) atoms. The van der Waals surface area contributed by atoms with E-state index < -0.39 is 9.84 Å². The molecule has 0 saturated carbocycles. The van der Waals surface area contributed by atoms with Crippen molar-refractivity contribution in [2.24, 2.45) is 0 Å². The summed E-state index contributed by atoms with van der Waals surface area (Å²) in [4.78, 5) is 29.6. The topological polar surface area (TPSA) is 74.8 Å². The molecule has 1 unspecified atom stereocenters. The number of carbonyl (C=O) groups excluding carboxylic acids is 2. The summed E-state index contributed by atoms with van der Waals surface area (Å²) in [6.07, 6.45) is 2.22. The number of thioether (sulfide) groups is 1. The second kappa shape index (κ2) is 7.79. The van der Waals surface area contributed by atoms with Gasteiger partial charge in [-0.25, -0.2) is 8.42 Å². The summed E-state index contributed by atoms with van der Waals surface area (Å²) in [5.74, 6) is -0.463. The largest absolute Gasteiger partial charge is 0.337 e. The van der Waals surface area contributed by atoms with E-state index in [0.717, 1.165) is 4.88 Å². The highest BCUT2D eigenvalue weighted by Gasteiger charge is 2.38. The van der Waals surface area contributed by atoms with Crippen LogP contribution in [-0.2, 0) is 19.4 Å². The summed E-state index contributed by atoms with van der Waals surface area (Å²) < 4.78 is 23.7. The van der Waals surface area contributed by atoms with E-state index >= 15 is 0 Å². The Morgan fingerprint density at radius 1 is 1.50 bits per heavy atom. The molecule has 3 heterocycles. The summed E-state index contributed by atoms with van der Waals surface area (Å²) in [6, 6.07) is 3.48. The normalized spacial score (nSPS) is 23.8. The van der Waals surface area contributed by atoms with Crippen molar-refractivity contribution in [3.8, 4) is 0 Å². The van der Waals surface area contributed by atoms with E-state index in [1.807, 2.05) is 24.4 Å². The third-order valence-electron chi connectivity index (χ3n) is 4.29. The van der Waals surface area contributed by atoms with Crippen molar-refractivity contribution in [2.75, 3.05) is 24.6 Å². The smallest absolute Gasteiger partial charge is 0.266 e. The van der Waals surface area contributed by atoms with Crippen molar-refractivity contribution >= 4 is 67.4 Å². The molecule has 0 aromatic carbocycles. The van der Waals surface area contributed by atoms with Crippen molar-refractivity contribution in [3.63, 3.8) is 0 Å². The van der Waals surface area contributed by atoms with Crippen LogP contribution in [0, 0.1) is 0 Å². The first-order chi connectivity index (χ1) is 12.3. The molecule has 0 radical (unpaired) electrons. The molecule has 10 heteroatoms. The van der Waals surface area contributed by atoms with E-state index in [-0.39, 0.29) is 35.9 Å². The molecule has 1 atom stereocenters. The molecule has 1 aromatic heterocycles. The number of thiocarbonyl (C=S) groups is 1. The molecule has 0 spiro atoms. The Hall–Kier alpha value is -1.23. The van der Waals surface area contributed by atoms with E-state index in [2.05, 4.69) is 0 Å². The molecular weight excluding hydrogens is 412 g/mol. The van der Waals surface area contributed by atoms with Gasteiger partial charge >= 0.3 is 0 Å². The van der Waals surface area contributed by atoms with E-state index in [1.165, 1.54) is 28.0 Å². The minimum atomic E-state index is -3.08. The van der Waals surface area contributed by atoms with Gasteiger partial charge < -0.3 is 4.90 Å². The summed E-state index contributed by atoms with van der Waals surface area (Å²) >= 11 is 7.97. The number of carbonyl (C=O) groups is 2. The van der Waals surface area contributed by atoms with Crippen LogP contribution in [0.1, 0.15) is 18.2 Å². The van der Waals surface area contributed by atoms with E-state index in [0.29, 0.717) is 22.2 Å². The van der Waals surface area contributed by atoms with E-state index in [9.17, 15) is 18.0 Å². The second-order valence-electron chi connectivity index (χ2n) is 6.02. The first-order valence-electron chi connectivity index (χ1n) is 8.09. The van der Waals surface area contributed by atoms with E-state index in [4.69, 9.17) is 12.2 Å². The van der Waals surface area contributed by atoms with Crippen molar-refractivity contribution < 1.29 is 18.0 Å². The van der Waals surface area contributed by atoms with Gasteiger partial charge in [-0.2, -0.15) is 0 Å². The average molecular weight is 431 g/mol. The number of hydrogen-bond acceptors (Lipinski definition) is 7. The lowest BCUT2D eigenvalue weighted by Gasteiger charge is -2.28. The fraction of sp³-hybridized carbons (Fsp3) is 0.438. The van der Waals surface area contributed by atoms with Gasteiger partial charge in [-0.05, 0) is 30.9 Å². The summed E-state index contributed by atoms with van der Waals surface area (Å²) in [6.45, 7) is 2.06. The maximum absolute atomic E-state index is 12.7. The fourth-order valence-corrected chi connectivity index (χ4v) is 6.73. The predicted molar refractivity (Wildman–Crippen MR) is 109 cm³/mol. The van der Waals surface area contributed by atoms with Crippen LogP contribution in [0.15, 0.2) is 22.4 Å². The lowest BCUT2D eigenvalue weighted by Crippen LogP contribution is -2.47. The maximum Gasteiger partial charge on any atom is 0.266 e. The fourth-order valence-electron chi connectivity index (χ4n) is 3.02. The number of rotatable bonds is 5. The molecule has 2 aliphatic rings. The summed E-state index contributed by atoms with van der Waals surface area (Å²) in [5.41, 5.74) is 0.